The zero-order chi connectivity index (χ0) is 17.1. The summed E-state index contributed by atoms with van der Waals surface area (Å²) in [7, 11) is 3.84. The summed E-state index contributed by atoms with van der Waals surface area (Å²) >= 11 is 0. The van der Waals surface area contributed by atoms with Gasteiger partial charge in [0.15, 0.2) is 5.58 Å². The standard InChI is InChI=1S/C18H19N3O3/c1-20(2)14-8-4-3-7-13(14)19-17(22)11-12-21-15-9-5-6-10-16(15)24-18(21)23/h3-10H,11-12H2,1-2H3,(H,19,22). The highest BCUT2D eigenvalue weighted by Crippen LogP contribution is 2.23. The average molecular weight is 325 g/mol. The van der Waals surface area contributed by atoms with Gasteiger partial charge in [-0.25, -0.2) is 4.79 Å². The fourth-order valence-electron chi connectivity index (χ4n) is 2.62. The summed E-state index contributed by atoms with van der Waals surface area (Å²) in [6.45, 7) is 0.270. The van der Waals surface area contributed by atoms with E-state index in [9.17, 15) is 9.59 Å². The minimum atomic E-state index is -0.447. The van der Waals surface area contributed by atoms with Crippen molar-refractivity contribution in [3.63, 3.8) is 0 Å². The number of oxazole rings is 1. The van der Waals surface area contributed by atoms with Gasteiger partial charge in [-0.05, 0) is 24.3 Å². The molecular weight excluding hydrogens is 306 g/mol. The van der Waals surface area contributed by atoms with Gasteiger partial charge >= 0.3 is 5.76 Å². The average Bonchev–Trinajstić information content (AvgIpc) is 2.88. The van der Waals surface area contributed by atoms with Crippen molar-refractivity contribution in [1.82, 2.24) is 4.57 Å². The first-order valence-electron chi connectivity index (χ1n) is 7.71. The number of carbonyl (C=O) groups is 1. The molecule has 6 heteroatoms. The first kappa shape index (κ1) is 15.9. The molecule has 0 saturated heterocycles. The largest absolute Gasteiger partial charge is 0.419 e. The Morgan fingerprint density at radius 3 is 2.62 bits per heavy atom. The van der Waals surface area contributed by atoms with E-state index in [1.165, 1.54) is 4.57 Å². The molecule has 6 nitrogen and oxygen atoms in total. The summed E-state index contributed by atoms with van der Waals surface area (Å²) < 4.78 is 6.65. The van der Waals surface area contributed by atoms with Gasteiger partial charge in [0.25, 0.3) is 0 Å². The Morgan fingerprint density at radius 2 is 1.83 bits per heavy atom. The second kappa shape index (κ2) is 6.62. The Morgan fingerprint density at radius 1 is 1.12 bits per heavy atom. The van der Waals surface area contributed by atoms with Crippen LogP contribution >= 0.6 is 0 Å². The molecule has 0 bridgehead atoms. The molecule has 1 aromatic heterocycles. The lowest BCUT2D eigenvalue weighted by molar-refractivity contribution is -0.116. The molecule has 24 heavy (non-hydrogen) atoms. The minimum Gasteiger partial charge on any atom is -0.408 e. The van der Waals surface area contributed by atoms with E-state index in [0.29, 0.717) is 11.1 Å². The number of fused-ring (bicyclic) bond motifs is 1. The van der Waals surface area contributed by atoms with Crippen molar-refractivity contribution in [3.05, 3.63) is 59.1 Å². The third-order valence-electron chi connectivity index (χ3n) is 3.80. The summed E-state index contributed by atoms with van der Waals surface area (Å²) in [6, 6.07) is 14.8. The van der Waals surface area contributed by atoms with Crippen molar-refractivity contribution < 1.29 is 9.21 Å². The molecule has 1 heterocycles. The van der Waals surface area contributed by atoms with E-state index in [1.54, 1.807) is 18.2 Å². The number of amides is 1. The SMILES string of the molecule is CN(C)c1ccccc1NC(=O)CCn1c(=O)oc2ccccc21. The number of hydrogen-bond acceptors (Lipinski definition) is 4. The van der Waals surface area contributed by atoms with E-state index in [4.69, 9.17) is 4.42 Å². The Bertz CT molecular complexity index is 924. The lowest BCUT2D eigenvalue weighted by Gasteiger charge is -2.17. The Hall–Kier alpha value is -3.02. The third-order valence-corrected chi connectivity index (χ3v) is 3.80. The van der Waals surface area contributed by atoms with Crippen LogP contribution in [0.4, 0.5) is 11.4 Å². The predicted octanol–water partition coefficient (Wildman–Crippen LogP) is 2.69. The van der Waals surface area contributed by atoms with Crippen LogP contribution in [-0.4, -0.2) is 24.6 Å². The second-order valence-electron chi connectivity index (χ2n) is 5.70. The Balaban J connectivity index is 1.72. The van der Waals surface area contributed by atoms with E-state index in [0.717, 1.165) is 11.4 Å². The molecular formula is C18H19N3O3. The lowest BCUT2D eigenvalue weighted by atomic mass is 10.2. The minimum absolute atomic E-state index is 0.151. The fraction of sp³-hybridized carbons (Fsp3) is 0.222. The Labute approximate surface area is 139 Å². The molecule has 3 rings (SSSR count). The smallest absolute Gasteiger partial charge is 0.408 e. The molecule has 0 aliphatic carbocycles. The normalized spacial score (nSPS) is 10.8. The number of carbonyl (C=O) groups excluding carboxylic acids is 1. The molecule has 0 unspecified atom stereocenters. The van der Waals surface area contributed by atoms with Gasteiger partial charge in [-0.2, -0.15) is 0 Å². The van der Waals surface area contributed by atoms with Crippen LogP contribution in [0.15, 0.2) is 57.7 Å². The van der Waals surface area contributed by atoms with Gasteiger partial charge in [0.05, 0.1) is 16.9 Å². The van der Waals surface area contributed by atoms with Gasteiger partial charge in [-0.1, -0.05) is 24.3 Å². The molecule has 1 amide bonds. The quantitative estimate of drug-likeness (QED) is 0.783. The van der Waals surface area contributed by atoms with E-state index in [1.807, 2.05) is 49.3 Å². The topological polar surface area (TPSA) is 67.5 Å². The van der Waals surface area contributed by atoms with Crippen LogP contribution in [0.5, 0.6) is 0 Å². The molecule has 0 aliphatic heterocycles. The number of nitrogens with zero attached hydrogens (tertiary/aromatic N) is 2. The van der Waals surface area contributed by atoms with Crippen molar-refractivity contribution in [1.29, 1.82) is 0 Å². The number of hydrogen-bond donors (Lipinski definition) is 1. The maximum absolute atomic E-state index is 12.3. The number of anilines is 2. The monoisotopic (exact) mass is 325 g/mol. The van der Waals surface area contributed by atoms with Crippen LogP contribution < -0.4 is 16.0 Å². The van der Waals surface area contributed by atoms with Crippen molar-refractivity contribution in [3.8, 4) is 0 Å². The molecule has 0 atom stereocenters. The molecule has 0 radical (unpaired) electrons. The van der Waals surface area contributed by atoms with Crippen LogP contribution in [0, 0.1) is 0 Å². The molecule has 0 fully saturated rings. The summed E-state index contributed by atoms with van der Waals surface area (Å²) in [6.07, 6.45) is 0.186. The highest BCUT2D eigenvalue weighted by Gasteiger charge is 2.12. The number of aryl methyl sites for hydroxylation is 1. The molecule has 1 N–H and O–H groups in total. The molecule has 0 spiro atoms. The van der Waals surface area contributed by atoms with Crippen LogP contribution in [0.25, 0.3) is 11.1 Å². The van der Waals surface area contributed by atoms with Crippen molar-refractivity contribution in [2.45, 2.75) is 13.0 Å². The van der Waals surface area contributed by atoms with Crippen LogP contribution in [0.1, 0.15) is 6.42 Å². The first-order chi connectivity index (χ1) is 11.6. The highest BCUT2D eigenvalue weighted by molar-refractivity contribution is 5.94. The Kier molecular flexibility index (Phi) is 4.37. The number of aromatic nitrogens is 1. The predicted molar refractivity (Wildman–Crippen MR) is 94.5 cm³/mol. The number of benzene rings is 2. The number of nitrogens with one attached hydrogen (secondary N) is 1. The summed E-state index contributed by atoms with van der Waals surface area (Å²) in [4.78, 5) is 26.1. The van der Waals surface area contributed by atoms with E-state index >= 15 is 0 Å². The van der Waals surface area contributed by atoms with Gasteiger partial charge in [0.2, 0.25) is 5.91 Å². The molecule has 0 saturated carbocycles. The third kappa shape index (κ3) is 3.17. The summed E-state index contributed by atoms with van der Waals surface area (Å²) in [5, 5.41) is 2.90. The fourth-order valence-corrected chi connectivity index (χ4v) is 2.62. The molecule has 2 aromatic carbocycles. The van der Waals surface area contributed by atoms with Crippen molar-refractivity contribution >= 4 is 28.4 Å². The van der Waals surface area contributed by atoms with Gasteiger partial charge in [-0.15, -0.1) is 0 Å². The van der Waals surface area contributed by atoms with Gasteiger partial charge in [0, 0.05) is 27.1 Å². The van der Waals surface area contributed by atoms with Gasteiger partial charge < -0.3 is 14.6 Å². The molecule has 3 aromatic rings. The number of rotatable bonds is 5. The van der Waals surface area contributed by atoms with Crippen molar-refractivity contribution in [2.24, 2.45) is 0 Å². The molecule has 124 valence electrons. The van der Waals surface area contributed by atoms with Gasteiger partial charge in [-0.3, -0.25) is 9.36 Å². The zero-order valence-electron chi connectivity index (χ0n) is 13.7. The zero-order valence-corrected chi connectivity index (χ0v) is 13.7. The lowest BCUT2D eigenvalue weighted by Crippen LogP contribution is -2.21. The maximum atomic E-state index is 12.3. The van der Waals surface area contributed by atoms with Crippen molar-refractivity contribution in [2.75, 3.05) is 24.3 Å². The van der Waals surface area contributed by atoms with E-state index < -0.39 is 5.76 Å². The van der Waals surface area contributed by atoms with Gasteiger partial charge in [0.1, 0.15) is 0 Å². The van der Waals surface area contributed by atoms with Crippen LogP contribution in [-0.2, 0) is 11.3 Å². The van der Waals surface area contributed by atoms with Crippen LogP contribution in [0.2, 0.25) is 0 Å². The second-order valence-corrected chi connectivity index (χ2v) is 5.70. The first-order valence-corrected chi connectivity index (χ1v) is 7.71. The maximum Gasteiger partial charge on any atom is 0.419 e. The highest BCUT2D eigenvalue weighted by atomic mass is 16.4. The van der Waals surface area contributed by atoms with Crippen LogP contribution in [0.3, 0.4) is 0 Å². The number of para-hydroxylation sites is 4. The summed E-state index contributed by atoms with van der Waals surface area (Å²) in [5.41, 5.74) is 2.90. The molecule has 0 aliphatic rings. The summed E-state index contributed by atoms with van der Waals surface area (Å²) in [5.74, 6) is -0.598. The van der Waals surface area contributed by atoms with E-state index in [-0.39, 0.29) is 18.9 Å². The van der Waals surface area contributed by atoms with E-state index in [2.05, 4.69) is 5.32 Å².